The molecule has 0 amide bonds. The van der Waals surface area contributed by atoms with Gasteiger partial charge in [0.15, 0.2) is 0 Å². The molecule has 0 saturated carbocycles. The Balaban J connectivity index is 0.00000144. The molecular formula is C38H36. The molecule has 0 nitrogen and oxygen atoms in total. The van der Waals surface area contributed by atoms with Crippen LogP contribution < -0.4 is 10.4 Å². The van der Waals surface area contributed by atoms with Crippen LogP contribution in [-0.4, -0.2) is 0 Å². The zero-order valence-corrected chi connectivity index (χ0v) is 23.0. The first kappa shape index (κ1) is 25.5. The van der Waals surface area contributed by atoms with Gasteiger partial charge in [-0.3, -0.25) is 0 Å². The van der Waals surface area contributed by atoms with E-state index < -0.39 is 0 Å². The van der Waals surface area contributed by atoms with Crippen molar-refractivity contribution in [3.8, 4) is 22.3 Å². The third-order valence-electron chi connectivity index (χ3n) is 7.48. The standard InChI is InChI=1S/C36H30.C2H6/c1-4-10-27-22-29(18-16-25(27)5-2)35-31-13-8-9-14-32(31)36(34-21-24(3)15-20-33(34)35)30-19-17-26-11-6-7-12-28(26)23-30;1-2/h4-5,7-10,12-23H,1,6,11H2,2-3H3;1-2H3/b25-5-,27-10-;. The maximum atomic E-state index is 3.94. The third kappa shape index (κ3) is 4.52. The largest absolute Gasteiger partial charge is 0.0990 e. The van der Waals surface area contributed by atoms with Gasteiger partial charge in [0.25, 0.3) is 0 Å². The van der Waals surface area contributed by atoms with Crippen molar-refractivity contribution >= 4 is 39.8 Å². The van der Waals surface area contributed by atoms with Gasteiger partial charge in [0.2, 0.25) is 0 Å². The summed E-state index contributed by atoms with van der Waals surface area (Å²) in [4.78, 5) is 0. The van der Waals surface area contributed by atoms with Gasteiger partial charge in [-0.25, -0.2) is 0 Å². The van der Waals surface area contributed by atoms with E-state index in [1.54, 1.807) is 0 Å². The van der Waals surface area contributed by atoms with Crippen LogP contribution in [0.5, 0.6) is 0 Å². The van der Waals surface area contributed by atoms with Crippen molar-refractivity contribution in [3.05, 3.63) is 125 Å². The maximum Gasteiger partial charge on any atom is -0.00261 e. The van der Waals surface area contributed by atoms with Crippen molar-refractivity contribution in [1.82, 2.24) is 0 Å². The predicted molar refractivity (Wildman–Crippen MR) is 170 cm³/mol. The number of benzene rings is 5. The molecule has 0 heteroatoms. The lowest BCUT2D eigenvalue weighted by Gasteiger charge is -2.19. The van der Waals surface area contributed by atoms with Gasteiger partial charge in [0.1, 0.15) is 0 Å². The van der Waals surface area contributed by atoms with Crippen LogP contribution in [0.2, 0.25) is 0 Å². The molecule has 0 atom stereocenters. The smallest absolute Gasteiger partial charge is 0.00261 e. The molecule has 0 heterocycles. The second-order valence-electron chi connectivity index (χ2n) is 9.73. The van der Waals surface area contributed by atoms with Gasteiger partial charge >= 0.3 is 0 Å². The molecule has 1 aliphatic rings. The van der Waals surface area contributed by atoms with E-state index >= 15 is 0 Å². The summed E-state index contributed by atoms with van der Waals surface area (Å²) in [6.45, 7) is 12.2. The number of hydrogen-bond donors (Lipinski definition) is 0. The Bertz CT molecular complexity index is 1810. The zero-order chi connectivity index (χ0) is 26.6. The summed E-state index contributed by atoms with van der Waals surface area (Å²) in [5.74, 6) is 0. The molecule has 1 aliphatic carbocycles. The van der Waals surface area contributed by atoms with Crippen molar-refractivity contribution in [3.63, 3.8) is 0 Å². The maximum absolute atomic E-state index is 3.94. The molecule has 0 radical (unpaired) electrons. The number of allylic oxidation sites excluding steroid dienone is 2. The fourth-order valence-corrected chi connectivity index (χ4v) is 5.76. The summed E-state index contributed by atoms with van der Waals surface area (Å²) in [7, 11) is 0. The lowest BCUT2D eigenvalue weighted by Crippen LogP contribution is -2.23. The molecule has 0 fully saturated rings. The molecule has 0 aromatic heterocycles. The van der Waals surface area contributed by atoms with Crippen molar-refractivity contribution in [2.45, 2.75) is 40.5 Å². The molecule has 5 aromatic rings. The van der Waals surface area contributed by atoms with Gasteiger partial charge in [-0.1, -0.05) is 123 Å². The molecule has 5 aromatic carbocycles. The average Bonchev–Trinajstić information content (AvgIpc) is 2.97. The van der Waals surface area contributed by atoms with Crippen molar-refractivity contribution in [1.29, 1.82) is 0 Å². The molecule has 0 bridgehead atoms. The molecule has 188 valence electrons. The first-order valence-electron chi connectivity index (χ1n) is 13.8. The minimum Gasteiger partial charge on any atom is -0.0990 e. The van der Waals surface area contributed by atoms with E-state index in [2.05, 4.69) is 124 Å². The minimum absolute atomic E-state index is 1.13. The molecule has 38 heavy (non-hydrogen) atoms. The highest BCUT2D eigenvalue weighted by molar-refractivity contribution is 6.21. The SMILES string of the molecule is C=C/C=c1/cc(-c2c3ccccc3c(-c3ccc4c(c3)C=CCC4)c3cc(C)ccc23)cc/c1=C/C.CC. The highest BCUT2D eigenvalue weighted by Gasteiger charge is 2.17. The lowest BCUT2D eigenvalue weighted by atomic mass is 9.84. The number of aryl methyl sites for hydroxylation is 2. The number of fused-ring (bicyclic) bond motifs is 3. The summed E-state index contributed by atoms with van der Waals surface area (Å²) in [6, 6.07) is 29.6. The zero-order valence-electron chi connectivity index (χ0n) is 23.0. The van der Waals surface area contributed by atoms with Gasteiger partial charge in [-0.15, -0.1) is 0 Å². The predicted octanol–water partition coefficient (Wildman–Crippen LogP) is 9.39. The molecule has 0 spiro atoms. The monoisotopic (exact) mass is 492 g/mol. The Morgan fingerprint density at radius 3 is 2.13 bits per heavy atom. The van der Waals surface area contributed by atoms with Crippen molar-refractivity contribution < 1.29 is 0 Å². The third-order valence-corrected chi connectivity index (χ3v) is 7.48. The highest BCUT2D eigenvalue weighted by atomic mass is 14.2. The Hall–Kier alpha value is -4.16. The fraction of sp³-hybridized carbons (Fsp3) is 0.158. The molecule has 6 rings (SSSR count). The first-order chi connectivity index (χ1) is 18.7. The molecular weight excluding hydrogens is 456 g/mol. The molecule has 0 unspecified atom stereocenters. The summed E-state index contributed by atoms with van der Waals surface area (Å²) >= 11 is 0. The molecule has 0 aliphatic heterocycles. The average molecular weight is 493 g/mol. The van der Waals surface area contributed by atoms with E-state index in [4.69, 9.17) is 0 Å². The lowest BCUT2D eigenvalue weighted by molar-refractivity contribution is 0.986. The molecule has 0 saturated heterocycles. The Labute approximate surface area is 227 Å². The first-order valence-corrected chi connectivity index (χ1v) is 13.8. The van der Waals surface area contributed by atoms with Crippen LogP contribution in [0, 0.1) is 6.92 Å². The second-order valence-corrected chi connectivity index (χ2v) is 9.73. The van der Waals surface area contributed by atoms with Crippen molar-refractivity contribution in [2.75, 3.05) is 0 Å². The van der Waals surface area contributed by atoms with Gasteiger partial charge in [0, 0.05) is 0 Å². The Kier molecular flexibility index (Phi) is 7.43. The van der Waals surface area contributed by atoms with Gasteiger partial charge in [0.05, 0.1) is 0 Å². The van der Waals surface area contributed by atoms with E-state index in [0.717, 1.165) is 12.8 Å². The summed E-state index contributed by atoms with van der Waals surface area (Å²) < 4.78 is 0. The topological polar surface area (TPSA) is 0 Å². The van der Waals surface area contributed by atoms with Gasteiger partial charge in [-0.2, -0.15) is 0 Å². The number of hydrogen-bond acceptors (Lipinski definition) is 0. The fourth-order valence-electron chi connectivity index (χ4n) is 5.76. The van der Waals surface area contributed by atoms with Crippen LogP contribution >= 0.6 is 0 Å². The quantitative estimate of drug-likeness (QED) is 0.220. The van der Waals surface area contributed by atoms with Crippen LogP contribution in [0.4, 0.5) is 0 Å². The Morgan fingerprint density at radius 2 is 1.39 bits per heavy atom. The Morgan fingerprint density at radius 1 is 0.711 bits per heavy atom. The van der Waals surface area contributed by atoms with Crippen LogP contribution in [-0.2, 0) is 6.42 Å². The summed E-state index contributed by atoms with van der Waals surface area (Å²) in [6.07, 6.45) is 13.0. The second kappa shape index (κ2) is 11.1. The van der Waals surface area contributed by atoms with E-state index in [0.29, 0.717) is 0 Å². The summed E-state index contributed by atoms with van der Waals surface area (Å²) in [5.41, 5.74) is 9.22. The molecule has 0 N–H and O–H groups in total. The van der Waals surface area contributed by atoms with Gasteiger partial charge in [-0.05, 0) is 104 Å². The van der Waals surface area contributed by atoms with Crippen LogP contribution in [0.3, 0.4) is 0 Å². The van der Waals surface area contributed by atoms with Gasteiger partial charge < -0.3 is 0 Å². The van der Waals surface area contributed by atoms with E-state index in [1.807, 2.05) is 19.9 Å². The summed E-state index contributed by atoms with van der Waals surface area (Å²) in [5, 5.41) is 7.60. The minimum atomic E-state index is 1.13. The normalized spacial score (nSPS) is 13.4. The van der Waals surface area contributed by atoms with E-state index in [9.17, 15) is 0 Å². The number of rotatable bonds is 3. The highest BCUT2D eigenvalue weighted by Crippen LogP contribution is 2.44. The van der Waals surface area contributed by atoms with Crippen LogP contribution in [0.25, 0.3) is 62.0 Å². The van der Waals surface area contributed by atoms with E-state index in [-0.39, 0.29) is 0 Å². The van der Waals surface area contributed by atoms with Crippen molar-refractivity contribution in [2.24, 2.45) is 0 Å². The van der Waals surface area contributed by atoms with Crippen LogP contribution in [0.1, 0.15) is 43.9 Å². The van der Waals surface area contributed by atoms with Crippen LogP contribution in [0.15, 0.2) is 97.6 Å². The van der Waals surface area contributed by atoms with E-state index in [1.165, 1.54) is 70.9 Å².